The van der Waals surface area contributed by atoms with E-state index in [2.05, 4.69) is 15.1 Å². The van der Waals surface area contributed by atoms with Gasteiger partial charge in [0, 0.05) is 30.1 Å². The van der Waals surface area contributed by atoms with Crippen molar-refractivity contribution in [2.45, 2.75) is 13.8 Å². The molecule has 0 aliphatic carbocycles. The van der Waals surface area contributed by atoms with Crippen molar-refractivity contribution in [3.8, 4) is 39.8 Å². The highest BCUT2D eigenvalue weighted by atomic mass is 16.5. The number of aryl methyl sites for hydroxylation is 3. The molecule has 29 heavy (non-hydrogen) atoms. The van der Waals surface area contributed by atoms with Crippen LogP contribution in [0.1, 0.15) is 11.4 Å². The van der Waals surface area contributed by atoms with Crippen LogP contribution >= 0.6 is 0 Å². The lowest BCUT2D eigenvalue weighted by Crippen LogP contribution is -1.95. The summed E-state index contributed by atoms with van der Waals surface area (Å²) in [5.74, 6) is 0.659. The van der Waals surface area contributed by atoms with Gasteiger partial charge in [-0.25, -0.2) is 4.98 Å². The second-order valence-electron chi connectivity index (χ2n) is 6.74. The van der Waals surface area contributed by atoms with Gasteiger partial charge in [-0.05, 0) is 32.0 Å². The molecular formula is C21H21N5O3. The van der Waals surface area contributed by atoms with Gasteiger partial charge >= 0.3 is 0 Å². The summed E-state index contributed by atoms with van der Waals surface area (Å²) in [5.41, 5.74) is 5.31. The van der Waals surface area contributed by atoms with E-state index in [1.54, 1.807) is 29.2 Å². The molecule has 1 N–H and O–H groups in total. The lowest BCUT2D eigenvalue weighted by molar-refractivity contribution is 0.333. The fourth-order valence-corrected chi connectivity index (χ4v) is 3.31. The summed E-state index contributed by atoms with van der Waals surface area (Å²) in [6.07, 6.45) is 3.47. The summed E-state index contributed by atoms with van der Waals surface area (Å²) in [6, 6.07) is 5.29. The molecule has 0 saturated heterocycles. The van der Waals surface area contributed by atoms with Crippen molar-refractivity contribution in [1.29, 1.82) is 0 Å². The van der Waals surface area contributed by atoms with Gasteiger partial charge in [-0.2, -0.15) is 5.10 Å². The number of aromatic hydroxyl groups is 1. The lowest BCUT2D eigenvalue weighted by atomic mass is 10.0. The minimum Gasteiger partial charge on any atom is -0.504 e. The molecule has 4 rings (SSSR count). The molecule has 3 heterocycles. The van der Waals surface area contributed by atoms with Gasteiger partial charge in [0.2, 0.25) is 5.75 Å². The van der Waals surface area contributed by atoms with Crippen LogP contribution in [-0.4, -0.2) is 44.1 Å². The Morgan fingerprint density at radius 1 is 0.966 bits per heavy atom. The molecular weight excluding hydrogens is 370 g/mol. The second kappa shape index (κ2) is 7.05. The van der Waals surface area contributed by atoms with Gasteiger partial charge < -0.3 is 14.6 Å². The van der Waals surface area contributed by atoms with Gasteiger partial charge in [0.25, 0.3) is 0 Å². The van der Waals surface area contributed by atoms with E-state index < -0.39 is 0 Å². The summed E-state index contributed by atoms with van der Waals surface area (Å²) in [5, 5.41) is 15.8. The highest BCUT2D eigenvalue weighted by molar-refractivity contribution is 5.96. The SMILES string of the molecule is COc1cc(-c2cc(-c3cnc(C)cn3)c3c(C)n(C)nc3n2)cc(O)c1OC. The van der Waals surface area contributed by atoms with Gasteiger partial charge in [0.05, 0.1) is 42.9 Å². The van der Waals surface area contributed by atoms with Crippen LogP contribution in [0.2, 0.25) is 0 Å². The minimum absolute atomic E-state index is 0.0300. The van der Waals surface area contributed by atoms with E-state index in [0.29, 0.717) is 22.7 Å². The average molecular weight is 391 g/mol. The fourth-order valence-electron chi connectivity index (χ4n) is 3.31. The number of hydrogen-bond acceptors (Lipinski definition) is 7. The maximum Gasteiger partial charge on any atom is 0.203 e. The van der Waals surface area contributed by atoms with Crippen LogP contribution in [0, 0.1) is 13.8 Å². The summed E-state index contributed by atoms with van der Waals surface area (Å²) in [4.78, 5) is 13.6. The molecule has 0 saturated carbocycles. The first kappa shape index (κ1) is 18.7. The van der Waals surface area contributed by atoms with E-state index in [0.717, 1.165) is 28.0 Å². The molecule has 8 nitrogen and oxygen atoms in total. The molecule has 148 valence electrons. The predicted octanol–water partition coefficient (Wildman–Crippen LogP) is 3.43. The summed E-state index contributed by atoms with van der Waals surface area (Å²) in [7, 11) is 4.88. The van der Waals surface area contributed by atoms with Crippen molar-refractivity contribution in [2.24, 2.45) is 7.05 Å². The first-order chi connectivity index (χ1) is 13.9. The van der Waals surface area contributed by atoms with Crippen LogP contribution in [0.15, 0.2) is 30.6 Å². The second-order valence-corrected chi connectivity index (χ2v) is 6.74. The maximum absolute atomic E-state index is 10.4. The quantitative estimate of drug-likeness (QED) is 0.569. The number of nitrogens with zero attached hydrogens (tertiary/aromatic N) is 5. The standard InChI is InChI=1S/C21H21N5O3/c1-11-9-23-16(10-22-11)14-8-15(24-21-19(14)12(2)26(3)25-21)13-6-17(27)20(29-5)18(7-13)28-4/h6-10,27H,1-5H3. The minimum atomic E-state index is -0.0300. The molecule has 0 aliphatic heterocycles. The molecule has 0 bridgehead atoms. The number of pyridine rings is 1. The number of ether oxygens (including phenoxy) is 2. The molecule has 0 spiro atoms. The van der Waals surface area contributed by atoms with Gasteiger partial charge in [-0.15, -0.1) is 0 Å². The van der Waals surface area contributed by atoms with Crippen molar-refractivity contribution < 1.29 is 14.6 Å². The number of fused-ring (bicyclic) bond motifs is 1. The van der Waals surface area contributed by atoms with E-state index in [1.165, 1.54) is 14.2 Å². The number of phenolic OH excluding ortho intramolecular Hbond substituents is 1. The van der Waals surface area contributed by atoms with Crippen LogP contribution < -0.4 is 9.47 Å². The van der Waals surface area contributed by atoms with Crippen molar-refractivity contribution in [3.63, 3.8) is 0 Å². The number of hydrogen-bond donors (Lipinski definition) is 1. The van der Waals surface area contributed by atoms with Crippen molar-refractivity contribution >= 4 is 11.0 Å². The van der Waals surface area contributed by atoms with Crippen LogP contribution in [0.3, 0.4) is 0 Å². The maximum atomic E-state index is 10.4. The lowest BCUT2D eigenvalue weighted by Gasteiger charge is -2.12. The molecule has 4 aromatic rings. The van der Waals surface area contributed by atoms with Crippen LogP contribution in [0.5, 0.6) is 17.2 Å². The molecule has 8 heteroatoms. The van der Waals surface area contributed by atoms with Crippen molar-refractivity contribution in [3.05, 3.63) is 42.0 Å². The van der Waals surface area contributed by atoms with Crippen molar-refractivity contribution in [1.82, 2.24) is 24.7 Å². The average Bonchev–Trinajstić information content (AvgIpc) is 3.01. The van der Waals surface area contributed by atoms with E-state index in [-0.39, 0.29) is 11.5 Å². The van der Waals surface area contributed by atoms with E-state index >= 15 is 0 Å². The predicted molar refractivity (Wildman–Crippen MR) is 109 cm³/mol. The smallest absolute Gasteiger partial charge is 0.203 e. The Morgan fingerprint density at radius 3 is 2.41 bits per heavy atom. The van der Waals surface area contributed by atoms with Crippen LogP contribution in [-0.2, 0) is 7.05 Å². The zero-order chi connectivity index (χ0) is 20.7. The van der Waals surface area contributed by atoms with Crippen LogP contribution in [0.25, 0.3) is 33.5 Å². The Morgan fingerprint density at radius 2 is 1.76 bits per heavy atom. The molecule has 0 atom stereocenters. The number of rotatable bonds is 4. The molecule has 0 aliphatic rings. The third-order valence-corrected chi connectivity index (χ3v) is 4.90. The molecule has 0 amide bonds. The largest absolute Gasteiger partial charge is 0.504 e. The normalized spacial score (nSPS) is 11.1. The van der Waals surface area contributed by atoms with Gasteiger partial charge in [0.1, 0.15) is 0 Å². The number of benzene rings is 1. The number of aromatic nitrogens is 5. The molecule has 0 fully saturated rings. The summed E-state index contributed by atoms with van der Waals surface area (Å²) >= 11 is 0. The Balaban J connectivity index is 2.00. The highest BCUT2D eigenvalue weighted by Gasteiger charge is 2.19. The monoisotopic (exact) mass is 391 g/mol. The molecule has 0 unspecified atom stereocenters. The van der Waals surface area contributed by atoms with Gasteiger partial charge in [-0.3, -0.25) is 14.6 Å². The molecule has 1 aromatic carbocycles. The first-order valence-electron chi connectivity index (χ1n) is 9.01. The topological polar surface area (TPSA) is 95.2 Å². The van der Waals surface area contributed by atoms with Crippen molar-refractivity contribution in [2.75, 3.05) is 14.2 Å². The van der Waals surface area contributed by atoms with E-state index in [9.17, 15) is 5.11 Å². The first-order valence-corrected chi connectivity index (χ1v) is 9.01. The zero-order valence-corrected chi connectivity index (χ0v) is 16.9. The van der Waals surface area contributed by atoms with E-state index in [1.807, 2.05) is 27.0 Å². The summed E-state index contributed by atoms with van der Waals surface area (Å²) < 4.78 is 12.4. The highest BCUT2D eigenvalue weighted by Crippen LogP contribution is 2.41. The molecule has 0 radical (unpaired) electrons. The van der Waals surface area contributed by atoms with Crippen LogP contribution in [0.4, 0.5) is 0 Å². The Hall–Kier alpha value is -3.68. The fraction of sp³-hybridized carbons (Fsp3) is 0.238. The van der Waals surface area contributed by atoms with E-state index in [4.69, 9.17) is 14.5 Å². The zero-order valence-electron chi connectivity index (χ0n) is 16.9. The van der Waals surface area contributed by atoms with Gasteiger partial charge in [-0.1, -0.05) is 0 Å². The number of methoxy groups -OCH3 is 2. The van der Waals surface area contributed by atoms with Gasteiger partial charge in [0.15, 0.2) is 17.1 Å². The Kier molecular flexibility index (Phi) is 4.54. The number of phenols is 1. The molecule has 3 aromatic heterocycles. The summed E-state index contributed by atoms with van der Waals surface area (Å²) in [6.45, 7) is 3.89. The Labute approximate surface area is 167 Å². The third kappa shape index (κ3) is 3.12. The Bertz CT molecular complexity index is 1220. The third-order valence-electron chi connectivity index (χ3n) is 4.90.